The highest BCUT2D eigenvalue weighted by atomic mass is 79.9. The molecule has 0 aromatic carbocycles. The zero-order chi connectivity index (χ0) is 13.7. The lowest BCUT2D eigenvalue weighted by atomic mass is 9.80. The molecule has 1 aliphatic carbocycles. The SMILES string of the molecule is CN(C)C1(CNCc2cccc(Br)n2)CCCCC1. The topological polar surface area (TPSA) is 28.2 Å². The number of nitrogens with one attached hydrogen (secondary N) is 1. The van der Waals surface area contributed by atoms with Crippen molar-refractivity contribution >= 4 is 15.9 Å². The van der Waals surface area contributed by atoms with Crippen LogP contribution < -0.4 is 5.32 Å². The molecule has 0 amide bonds. The number of rotatable bonds is 5. The number of hydrogen-bond acceptors (Lipinski definition) is 3. The summed E-state index contributed by atoms with van der Waals surface area (Å²) >= 11 is 3.42. The van der Waals surface area contributed by atoms with Crippen LogP contribution in [0.3, 0.4) is 0 Å². The van der Waals surface area contributed by atoms with E-state index in [1.807, 2.05) is 12.1 Å². The maximum absolute atomic E-state index is 4.46. The summed E-state index contributed by atoms with van der Waals surface area (Å²) in [7, 11) is 4.43. The van der Waals surface area contributed by atoms with E-state index in [-0.39, 0.29) is 0 Å². The number of aromatic nitrogens is 1. The third-order valence-electron chi connectivity index (χ3n) is 4.27. The molecular formula is C15H24BrN3. The molecule has 3 nitrogen and oxygen atoms in total. The first-order chi connectivity index (χ1) is 9.12. The van der Waals surface area contributed by atoms with Crippen LogP contribution in [0, 0.1) is 0 Å². The minimum absolute atomic E-state index is 0.338. The van der Waals surface area contributed by atoms with Gasteiger partial charge in [-0.2, -0.15) is 0 Å². The summed E-state index contributed by atoms with van der Waals surface area (Å²) in [6.45, 7) is 1.89. The molecule has 19 heavy (non-hydrogen) atoms. The predicted molar refractivity (Wildman–Crippen MR) is 83.1 cm³/mol. The molecule has 1 heterocycles. The van der Waals surface area contributed by atoms with Gasteiger partial charge in [-0.05, 0) is 55.0 Å². The van der Waals surface area contributed by atoms with Gasteiger partial charge in [0.2, 0.25) is 0 Å². The second-order valence-corrected chi connectivity index (χ2v) is 6.55. The quantitative estimate of drug-likeness (QED) is 0.842. The molecule has 1 saturated carbocycles. The van der Waals surface area contributed by atoms with Crippen molar-refractivity contribution in [1.82, 2.24) is 15.2 Å². The lowest BCUT2D eigenvalue weighted by molar-refractivity contribution is 0.0983. The Kier molecular flexibility index (Phi) is 5.37. The van der Waals surface area contributed by atoms with Gasteiger partial charge in [-0.25, -0.2) is 4.98 Å². The van der Waals surface area contributed by atoms with Crippen LogP contribution >= 0.6 is 15.9 Å². The smallest absolute Gasteiger partial charge is 0.106 e. The fraction of sp³-hybridized carbons (Fsp3) is 0.667. The van der Waals surface area contributed by atoms with E-state index in [2.05, 4.69) is 51.3 Å². The van der Waals surface area contributed by atoms with Crippen molar-refractivity contribution < 1.29 is 0 Å². The number of pyridine rings is 1. The summed E-state index contributed by atoms with van der Waals surface area (Å²) in [6.07, 6.45) is 6.71. The van der Waals surface area contributed by atoms with Crippen LogP contribution in [-0.4, -0.2) is 36.1 Å². The average molecular weight is 326 g/mol. The highest BCUT2D eigenvalue weighted by molar-refractivity contribution is 9.10. The van der Waals surface area contributed by atoms with Gasteiger partial charge in [-0.3, -0.25) is 0 Å². The molecule has 1 aromatic rings. The van der Waals surface area contributed by atoms with Crippen LogP contribution in [0.25, 0.3) is 0 Å². The number of likely N-dealkylation sites (N-methyl/N-ethyl adjacent to an activating group) is 1. The van der Waals surface area contributed by atoms with Gasteiger partial charge in [-0.1, -0.05) is 25.3 Å². The molecule has 1 fully saturated rings. The van der Waals surface area contributed by atoms with Crippen molar-refractivity contribution in [2.45, 2.75) is 44.2 Å². The number of hydrogen-bond donors (Lipinski definition) is 1. The predicted octanol–water partition coefficient (Wildman–Crippen LogP) is 3.20. The van der Waals surface area contributed by atoms with Crippen molar-refractivity contribution in [3.05, 3.63) is 28.5 Å². The molecule has 0 spiro atoms. The first kappa shape index (κ1) is 14.9. The standard InChI is InChI=1S/C15H24BrN3/c1-19(2)15(9-4-3-5-10-15)12-17-11-13-7-6-8-14(16)18-13/h6-8,17H,3-5,9-12H2,1-2H3. The highest BCUT2D eigenvalue weighted by Crippen LogP contribution is 2.31. The monoisotopic (exact) mass is 325 g/mol. The summed E-state index contributed by atoms with van der Waals surface area (Å²) in [4.78, 5) is 6.87. The van der Waals surface area contributed by atoms with Gasteiger partial charge in [0.1, 0.15) is 4.60 Å². The van der Waals surface area contributed by atoms with E-state index in [1.54, 1.807) is 0 Å². The zero-order valence-corrected chi connectivity index (χ0v) is 13.5. The van der Waals surface area contributed by atoms with Crippen LogP contribution in [0.1, 0.15) is 37.8 Å². The Labute approximate surface area is 124 Å². The lowest BCUT2D eigenvalue weighted by Gasteiger charge is -2.43. The van der Waals surface area contributed by atoms with Crippen LogP contribution in [0.2, 0.25) is 0 Å². The van der Waals surface area contributed by atoms with Crippen molar-refractivity contribution in [2.24, 2.45) is 0 Å². The molecule has 2 rings (SSSR count). The van der Waals surface area contributed by atoms with E-state index in [4.69, 9.17) is 0 Å². The molecule has 0 aliphatic heterocycles. The van der Waals surface area contributed by atoms with Crippen molar-refractivity contribution in [1.29, 1.82) is 0 Å². The maximum Gasteiger partial charge on any atom is 0.106 e. The molecule has 0 unspecified atom stereocenters. The molecule has 106 valence electrons. The van der Waals surface area contributed by atoms with Gasteiger partial charge in [0.05, 0.1) is 5.69 Å². The van der Waals surface area contributed by atoms with Gasteiger partial charge in [0.15, 0.2) is 0 Å². The van der Waals surface area contributed by atoms with Gasteiger partial charge in [0.25, 0.3) is 0 Å². The molecule has 0 saturated heterocycles. The third-order valence-corrected chi connectivity index (χ3v) is 4.71. The van der Waals surface area contributed by atoms with E-state index in [0.717, 1.165) is 23.4 Å². The van der Waals surface area contributed by atoms with E-state index < -0.39 is 0 Å². The van der Waals surface area contributed by atoms with E-state index in [0.29, 0.717) is 5.54 Å². The van der Waals surface area contributed by atoms with Gasteiger partial charge in [0, 0.05) is 18.6 Å². The molecule has 1 N–H and O–H groups in total. The average Bonchev–Trinajstić information content (AvgIpc) is 2.40. The first-order valence-corrected chi connectivity index (χ1v) is 7.91. The van der Waals surface area contributed by atoms with Crippen LogP contribution in [0.4, 0.5) is 0 Å². The zero-order valence-electron chi connectivity index (χ0n) is 12.0. The fourth-order valence-corrected chi connectivity index (χ4v) is 3.34. The Morgan fingerprint density at radius 2 is 2.00 bits per heavy atom. The summed E-state index contributed by atoms with van der Waals surface area (Å²) in [5.41, 5.74) is 1.43. The van der Waals surface area contributed by atoms with Crippen LogP contribution in [0.5, 0.6) is 0 Å². The normalized spacial score (nSPS) is 18.7. The minimum atomic E-state index is 0.338. The Hall–Kier alpha value is -0.450. The largest absolute Gasteiger partial charge is 0.309 e. The van der Waals surface area contributed by atoms with Gasteiger partial charge >= 0.3 is 0 Å². The second kappa shape index (κ2) is 6.82. The van der Waals surface area contributed by atoms with Crippen molar-refractivity contribution in [2.75, 3.05) is 20.6 Å². The van der Waals surface area contributed by atoms with E-state index in [9.17, 15) is 0 Å². The van der Waals surface area contributed by atoms with Gasteiger partial charge < -0.3 is 10.2 Å². The molecular weight excluding hydrogens is 302 g/mol. The number of halogens is 1. The first-order valence-electron chi connectivity index (χ1n) is 7.12. The Bertz CT molecular complexity index is 400. The molecule has 0 bridgehead atoms. The lowest BCUT2D eigenvalue weighted by Crippen LogP contribution is -2.52. The highest BCUT2D eigenvalue weighted by Gasteiger charge is 2.33. The Morgan fingerprint density at radius 1 is 1.26 bits per heavy atom. The molecule has 1 aliphatic rings. The molecule has 0 radical (unpaired) electrons. The van der Waals surface area contributed by atoms with Gasteiger partial charge in [-0.15, -0.1) is 0 Å². The molecule has 1 aromatic heterocycles. The van der Waals surface area contributed by atoms with E-state index >= 15 is 0 Å². The second-order valence-electron chi connectivity index (χ2n) is 5.73. The van der Waals surface area contributed by atoms with Crippen LogP contribution in [0.15, 0.2) is 22.8 Å². The summed E-state index contributed by atoms with van der Waals surface area (Å²) < 4.78 is 0.909. The summed E-state index contributed by atoms with van der Waals surface area (Å²) in [5, 5.41) is 3.60. The summed E-state index contributed by atoms with van der Waals surface area (Å²) in [6, 6.07) is 6.07. The Balaban J connectivity index is 1.89. The van der Waals surface area contributed by atoms with Crippen LogP contribution in [-0.2, 0) is 6.54 Å². The maximum atomic E-state index is 4.46. The molecule has 4 heteroatoms. The number of nitrogens with zero attached hydrogens (tertiary/aromatic N) is 2. The minimum Gasteiger partial charge on any atom is -0.309 e. The van der Waals surface area contributed by atoms with Crippen molar-refractivity contribution in [3.63, 3.8) is 0 Å². The fourth-order valence-electron chi connectivity index (χ4n) is 2.96. The molecule has 0 atom stereocenters. The third kappa shape index (κ3) is 4.01. The van der Waals surface area contributed by atoms with E-state index in [1.165, 1.54) is 32.1 Å². The summed E-state index contributed by atoms with van der Waals surface area (Å²) in [5.74, 6) is 0. The Morgan fingerprint density at radius 3 is 2.63 bits per heavy atom. The van der Waals surface area contributed by atoms with Crippen molar-refractivity contribution in [3.8, 4) is 0 Å².